The number of hydrogen-bond acceptors (Lipinski definition) is 4. The molecule has 11 heavy (non-hydrogen) atoms. The van der Waals surface area contributed by atoms with E-state index in [0.29, 0.717) is 6.54 Å². The van der Waals surface area contributed by atoms with E-state index in [0.717, 1.165) is 5.01 Å². The molecule has 0 bridgehead atoms. The van der Waals surface area contributed by atoms with E-state index in [1.165, 1.54) is 11.3 Å². The second-order valence-corrected chi connectivity index (χ2v) is 2.72. The van der Waals surface area contributed by atoms with Gasteiger partial charge in [-0.15, -0.1) is 11.3 Å². The maximum atomic E-state index is 8.24. The number of hydrogen-bond donors (Lipinski definition) is 3. The molecule has 0 saturated heterocycles. The predicted molar refractivity (Wildman–Crippen MR) is 42.4 cm³/mol. The van der Waals surface area contributed by atoms with Crippen LogP contribution >= 0.6 is 11.3 Å². The van der Waals surface area contributed by atoms with Crippen molar-refractivity contribution in [1.82, 2.24) is 10.5 Å². The highest BCUT2D eigenvalue weighted by molar-refractivity contribution is 7.09. The molecule has 0 aliphatic heterocycles. The Morgan fingerprint density at radius 1 is 1.91 bits per heavy atom. The predicted octanol–water partition coefficient (Wildman–Crippen LogP) is -0.0634. The van der Waals surface area contributed by atoms with E-state index in [-0.39, 0.29) is 5.96 Å². The van der Waals surface area contributed by atoms with Gasteiger partial charge in [0, 0.05) is 11.6 Å². The Morgan fingerprint density at radius 2 is 2.73 bits per heavy atom. The number of hydroxylamine groups is 1. The minimum Gasteiger partial charge on any atom is -0.368 e. The van der Waals surface area contributed by atoms with Crippen molar-refractivity contribution in [2.24, 2.45) is 10.7 Å². The Hall–Kier alpha value is -1.14. The molecule has 5 nitrogen and oxygen atoms in total. The van der Waals surface area contributed by atoms with Crippen LogP contribution in [0.2, 0.25) is 0 Å². The molecule has 0 amide bonds. The molecule has 6 heteroatoms. The molecule has 0 aliphatic carbocycles. The lowest BCUT2D eigenvalue weighted by Gasteiger charge is -1.94. The van der Waals surface area contributed by atoms with Gasteiger partial charge in [-0.3, -0.25) is 5.21 Å². The topological polar surface area (TPSA) is 83.5 Å². The molecule has 60 valence electrons. The highest BCUT2D eigenvalue weighted by Gasteiger charge is 1.92. The largest absolute Gasteiger partial charge is 0.368 e. The Bertz CT molecular complexity index is 233. The third-order valence-electron chi connectivity index (χ3n) is 0.983. The van der Waals surface area contributed by atoms with E-state index >= 15 is 0 Å². The van der Waals surface area contributed by atoms with Crippen molar-refractivity contribution in [2.75, 3.05) is 0 Å². The van der Waals surface area contributed by atoms with Gasteiger partial charge in [-0.05, 0) is 0 Å². The Morgan fingerprint density at radius 3 is 3.27 bits per heavy atom. The minimum atomic E-state index is 0.000185. The molecule has 1 heterocycles. The van der Waals surface area contributed by atoms with Gasteiger partial charge in [0.2, 0.25) is 5.96 Å². The number of nitrogens with one attached hydrogen (secondary N) is 1. The van der Waals surface area contributed by atoms with Crippen LogP contribution in [0.15, 0.2) is 16.6 Å². The number of nitrogens with two attached hydrogens (primary N) is 1. The van der Waals surface area contributed by atoms with Gasteiger partial charge in [0.25, 0.3) is 0 Å². The van der Waals surface area contributed by atoms with Gasteiger partial charge in [-0.2, -0.15) is 0 Å². The minimum absolute atomic E-state index is 0.000185. The number of aliphatic imine (C=N–C) groups is 1. The zero-order valence-electron chi connectivity index (χ0n) is 5.69. The van der Waals surface area contributed by atoms with Crippen LogP contribution in [0, 0.1) is 0 Å². The lowest BCUT2D eigenvalue weighted by Crippen LogP contribution is -2.28. The van der Waals surface area contributed by atoms with E-state index in [9.17, 15) is 0 Å². The molecule has 0 unspecified atom stereocenters. The lowest BCUT2D eigenvalue weighted by atomic mass is 10.7. The molecule has 1 aromatic rings. The zero-order chi connectivity index (χ0) is 8.10. The third-order valence-corrected chi connectivity index (χ3v) is 1.75. The smallest absolute Gasteiger partial charge is 0.213 e. The van der Waals surface area contributed by atoms with Crippen LogP contribution < -0.4 is 11.2 Å². The summed E-state index contributed by atoms with van der Waals surface area (Å²) >= 11 is 1.49. The molecule has 0 aliphatic rings. The summed E-state index contributed by atoms with van der Waals surface area (Å²) < 4.78 is 0. The van der Waals surface area contributed by atoms with E-state index in [2.05, 4.69) is 9.98 Å². The monoisotopic (exact) mass is 172 g/mol. The summed E-state index contributed by atoms with van der Waals surface area (Å²) in [6.07, 6.45) is 1.69. The first-order valence-corrected chi connectivity index (χ1v) is 3.79. The highest BCUT2D eigenvalue weighted by Crippen LogP contribution is 2.04. The van der Waals surface area contributed by atoms with Crippen LogP contribution in [0.5, 0.6) is 0 Å². The fourth-order valence-electron chi connectivity index (χ4n) is 0.519. The molecule has 0 radical (unpaired) electrons. The van der Waals surface area contributed by atoms with Crippen LogP contribution in [0.3, 0.4) is 0 Å². The number of aromatic nitrogens is 1. The van der Waals surface area contributed by atoms with Crippen molar-refractivity contribution in [3.05, 3.63) is 16.6 Å². The summed E-state index contributed by atoms with van der Waals surface area (Å²) in [5, 5.41) is 11.0. The van der Waals surface area contributed by atoms with Crippen molar-refractivity contribution >= 4 is 17.3 Å². The molecule has 0 aromatic carbocycles. The number of thiazole rings is 1. The second-order valence-electron chi connectivity index (χ2n) is 1.74. The van der Waals surface area contributed by atoms with Crippen LogP contribution in [-0.4, -0.2) is 16.2 Å². The third kappa shape index (κ3) is 2.52. The van der Waals surface area contributed by atoms with Gasteiger partial charge in [-0.1, -0.05) is 0 Å². The first-order chi connectivity index (χ1) is 5.33. The maximum Gasteiger partial charge on any atom is 0.213 e. The summed E-state index contributed by atoms with van der Waals surface area (Å²) in [7, 11) is 0. The van der Waals surface area contributed by atoms with Gasteiger partial charge in [0.1, 0.15) is 5.01 Å². The van der Waals surface area contributed by atoms with Crippen molar-refractivity contribution < 1.29 is 5.21 Å². The van der Waals surface area contributed by atoms with Crippen LogP contribution in [0.1, 0.15) is 5.01 Å². The van der Waals surface area contributed by atoms with E-state index < -0.39 is 0 Å². The van der Waals surface area contributed by atoms with Gasteiger partial charge >= 0.3 is 0 Å². The normalized spacial score (nSPS) is 11.5. The van der Waals surface area contributed by atoms with Crippen molar-refractivity contribution in [3.63, 3.8) is 0 Å². The molecular formula is C5H8N4OS. The maximum absolute atomic E-state index is 8.24. The SMILES string of the molecule is NC(=NCc1nccs1)NO. The summed E-state index contributed by atoms with van der Waals surface area (Å²) in [6.45, 7) is 0.400. The Balaban J connectivity index is 2.45. The van der Waals surface area contributed by atoms with Crippen LogP contribution in [-0.2, 0) is 6.54 Å². The van der Waals surface area contributed by atoms with E-state index in [4.69, 9.17) is 10.9 Å². The van der Waals surface area contributed by atoms with Gasteiger partial charge < -0.3 is 5.73 Å². The highest BCUT2D eigenvalue weighted by atomic mass is 32.1. The average molecular weight is 172 g/mol. The quantitative estimate of drug-likeness (QED) is 0.331. The standard InChI is InChI=1S/C5H8N4OS/c6-5(9-10)8-3-4-7-1-2-11-4/h1-2,10H,3H2,(H3,6,8,9). The van der Waals surface area contributed by atoms with Gasteiger partial charge in [0.05, 0.1) is 6.54 Å². The summed E-state index contributed by atoms with van der Waals surface area (Å²) in [4.78, 5) is 7.74. The number of guanidine groups is 1. The van der Waals surface area contributed by atoms with Crippen LogP contribution in [0.25, 0.3) is 0 Å². The van der Waals surface area contributed by atoms with Gasteiger partial charge in [0.15, 0.2) is 0 Å². The molecule has 1 rings (SSSR count). The fraction of sp³-hybridized carbons (Fsp3) is 0.200. The Kier molecular flexibility index (Phi) is 2.82. The molecule has 0 fully saturated rings. The summed E-state index contributed by atoms with van der Waals surface area (Å²) in [5.74, 6) is 0.000185. The molecule has 0 spiro atoms. The van der Waals surface area contributed by atoms with E-state index in [1.54, 1.807) is 11.7 Å². The van der Waals surface area contributed by atoms with Crippen LogP contribution in [0.4, 0.5) is 0 Å². The number of nitrogens with zero attached hydrogens (tertiary/aromatic N) is 2. The van der Waals surface area contributed by atoms with Crippen molar-refractivity contribution in [1.29, 1.82) is 0 Å². The molecule has 4 N–H and O–H groups in total. The average Bonchev–Trinajstić information content (AvgIpc) is 2.52. The summed E-state index contributed by atoms with van der Waals surface area (Å²) in [6, 6.07) is 0. The lowest BCUT2D eigenvalue weighted by molar-refractivity contribution is 0.232. The Labute approximate surface area is 67.6 Å². The molecular weight excluding hydrogens is 164 g/mol. The second kappa shape index (κ2) is 3.89. The molecule has 0 saturated carbocycles. The molecule has 1 aromatic heterocycles. The summed E-state index contributed by atoms with van der Waals surface area (Å²) in [5.41, 5.74) is 6.89. The first-order valence-electron chi connectivity index (χ1n) is 2.91. The first kappa shape index (κ1) is 7.96. The zero-order valence-corrected chi connectivity index (χ0v) is 6.51. The van der Waals surface area contributed by atoms with Crippen molar-refractivity contribution in [3.8, 4) is 0 Å². The van der Waals surface area contributed by atoms with Gasteiger partial charge in [-0.25, -0.2) is 15.5 Å². The van der Waals surface area contributed by atoms with Crippen molar-refractivity contribution in [2.45, 2.75) is 6.54 Å². The van der Waals surface area contributed by atoms with E-state index in [1.807, 2.05) is 5.38 Å². The fourth-order valence-corrected chi connectivity index (χ4v) is 1.06. The number of rotatable bonds is 2. The molecule has 0 atom stereocenters.